The van der Waals surface area contributed by atoms with Crippen molar-refractivity contribution in [3.8, 4) is 5.75 Å². The van der Waals surface area contributed by atoms with Gasteiger partial charge in [0.15, 0.2) is 0 Å². The summed E-state index contributed by atoms with van der Waals surface area (Å²) in [7, 11) is 0. The highest BCUT2D eigenvalue weighted by molar-refractivity contribution is 7.99. The van der Waals surface area contributed by atoms with E-state index >= 15 is 0 Å². The molecule has 4 rings (SSSR count). The summed E-state index contributed by atoms with van der Waals surface area (Å²) in [4.78, 5) is 1.10. The summed E-state index contributed by atoms with van der Waals surface area (Å²) in [5.74, 6) is 4.15. The van der Waals surface area contributed by atoms with Gasteiger partial charge in [-0.3, -0.25) is 0 Å². The fourth-order valence-electron chi connectivity index (χ4n) is 5.85. The molecule has 0 bridgehead atoms. The number of phenolic OH excluding ortho intramolecular Hbond substituents is 1. The van der Waals surface area contributed by atoms with Crippen molar-refractivity contribution in [2.24, 2.45) is 17.3 Å². The van der Waals surface area contributed by atoms with Crippen molar-refractivity contribution in [2.45, 2.75) is 69.6 Å². The standard InChI is InChI=1S/C20H28OS/c1-3-22-19-12-16-13(11-18(19)21)6-7-15-14(16)8-10-20(2)9-4-5-17(15)20/h11-12,14-15,17,21H,3-10H2,1-2H3/t14-,15+,17-,20-/m0/s1. The van der Waals surface area contributed by atoms with Crippen LogP contribution in [-0.4, -0.2) is 10.9 Å². The molecule has 0 spiro atoms. The van der Waals surface area contributed by atoms with Crippen LogP contribution >= 0.6 is 11.8 Å². The number of phenols is 1. The van der Waals surface area contributed by atoms with Crippen molar-refractivity contribution in [2.75, 3.05) is 5.75 Å². The lowest BCUT2D eigenvalue weighted by atomic mass is 9.56. The molecule has 2 heteroatoms. The molecule has 1 aromatic carbocycles. The average molecular weight is 317 g/mol. The fraction of sp³-hybridized carbons (Fsp3) is 0.700. The quantitative estimate of drug-likeness (QED) is 0.701. The van der Waals surface area contributed by atoms with Crippen molar-refractivity contribution in [1.29, 1.82) is 0 Å². The summed E-state index contributed by atoms with van der Waals surface area (Å²) in [6.45, 7) is 4.72. The second-order valence-corrected chi connectivity index (χ2v) is 9.26. The second-order valence-electron chi connectivity index (χ2n) is 7.95. The Balaban J connectivity index is 1.71. The van der Waals surface area contributed by atoms with Gasteiger partial charge in [-0.05, 0) is 90.7 Å². The molecule has 0 aliphatic heterocycles. The van der Waals surface area contributed by atoms with Crippen LogP contribution in [0.5, 0.6) is 5.75 Å². The second kappa shape index (κ2) is 5.47. The first kappa shape index (κ1) is 14.9. The Hall–Kier alpha value is -0.630. The highest BCUT2D eigenvalue weighted by Gasteiger charge is 2.50. The Morgan fingerprint density at radius 3 is 2.91 bits per heavy atom. The van der Waals surface area contributed by atoms with Crippen LogP contribution < -0.4 is 0 Å². The summed E-state index contributed by atoms with van der Waals surface area (Å²) < 4.78 is 0. The summed E-state index contributed by atoms with van der Waals surface area (Å²) in [5.41, 5.74) is 3.65. The van der Waals surface area contributed by atoms with Gasteiger partial charge in [-0.25, -0.2) is 0 Å². The van der Waals surface area contributed by atoms with Crippen LogP contribution in [-0.2, 0) is 6.42 Å². The zero-order valence-corrected chi connectivity index (χ0v) is 14.7. The van der Waals surface area contributed by atoms with Crippen LogP contribution in [0.15, 0.2) is 17.0 Å². The Kier molecular flexibility index (Phi) is 3.71. The van der Waals surface area contributed by atoms with Crippen molar-refractivity contribution in [3.63, 3.8) is 0 Å². The third kappa shape index (κ3) is 2.21. The van der Waals surface area contributed by atoms with E-state index in [1.54, 1.807) is 17.3 Å². The number of hydrogen-bond donors (Lipinski definition) is 1. The van der Waals surface area contributed by atoms with Crippen LogP contribution in [0.3, 0.4) is 0 Å². The molecule has 1 N–H and O–H groups in total. The largest absolute Gasteiger partial charge is 0.507 e. The smallest absolute Gasteiger partial charge is 0.129 e. The van der Waals surface area contributed by atoms with Gasteiger partial charge >= 0.3 is 0 Å². The predicted octanol–water partition coefficient (Wildman–Crippen LogP) is 5.75. The molecule has 1 nitrogen and oxygen atoms in total. The van der Waals surface area contributed by atoms with Crippen molar-refractivity contribution in [1.82, 2.24) is 0 Å². The number of benzene rings is 1. The first-order valence-corrected chi connectivity index (χ1v) is 10.1. The number of fused-ring (bicyclic) bond motifs is 5. The number of aromatic hydroxyl groups is 1. The van der Waals surface area contributed by atoms with Crippen LogP contribution in [0.2, 0.25) is 0 Å². The zero-order valence-electron chi connectivity index (χ0n) is 13.9. The zero-order chi connectivity index (χ0) is 15.3. The van der Waals surface area contributed by atoms with Crippen molar-refractivity contribution in [3.05, 3.63) is 23.3 Å². The van der Waals surface area contributed by atoms with Crippen molar-refractivity contribution < 1.29 is 5.11 Å². The van der Waals surface area contributed by atoms with Crippen LogP contribution in [0.1, 0.15) is 69.4 Å². The Labute approximate surface area is 138 Å². The number of thioether (sulfide) groups is 1. The lowest BCUT2D eigenvalue weighted by molar-refractivity contribution is 0.0597. The van der Waals surface area contributed by atoms with E-state index in [1.807, 2.05) is 0 Å². The monoisotopic (exact) mass is 316 g/mol. The van der Waals surface area contributed by atoms with E-state index < -0.39 is 0 Å². The molecule has 2 saturated carbocycles. The summed E-state index contributed by atoms with van der Waals surface area (Å²) in [6, 6.07) is 4.42. The molecule has 120 valence electrons. The van der Waals surface area contributed by atoms with E-state index in [0.29, 0.717) is 11.2 Å². The van der Waals surface area contributed by atoms with Gasteiger partial charge in [-0.15, -0.1) is 11.8 Å². The molecule has 0 radical (unpaired) electrons. The normalized spacial score (nSPS) is 36.5. The molecule has 0 aromatic heterocycles. The van der Waals surface area contributed by atoms with Crippen LogP contribution in [0.25, 0.3) is 0 Å². The van der Waals surface area contributed by atoms with E-state index in [9.17, 15) is 5.11 Å². The molecule has 0 heterocycles. The van der Waals surface area contributed by atoms with E-state index in [4.69, 9.17) is 0 Å². The fourth-order valence-corrected chi connectivity index (χ4v) is 6.58. The van der Waals surface area contributed by atoms with E-state index in [2.05, 4.69) is 26.0 Å². The molecular formula is C20H28OS. The summed E-state index contributed by atoms with van der Waals surface area (Å²) in [6.07, 6.45) is 9.66. The third-order valence-electron chi connectivity index (χ3n) is 6.89. The highest BCUT2D eigenvalue weighted by atomic mass is 32.2. The van der Waals surface area contributed by atoms with Gasteiger partial charge in [0.1, 0.15) is 5.75 Å². The Morgan fingerprint density at radius 2 is 2.09 bits per heavy atom. The molecule has 1 aromatic rings. The van der Waals surface area contributed by atoms with Gasteiger partial charge in [-0.2, -0.15) is 0 Å². The van der Waals surface area contributed by atoms with E-state index in [-0.39, 0.29) is 0 Å². The number of hydrogen-bond acceptors (Lipinski definition) is 2. The first-order chi connectivity index (χ1) is 10.6. The topological polar surface area (TPSA) is 20.2 Å². The number of rotatable bonds is 2. The molecule has 4 atom stereocenters. The summed E-state index contributed by atoms with van der Waals surface area (Å²) >= 11 is 1.78. The maximum Gasteiger partial charge on any atom is 0.129 e. The minimum absolute atomic E-state index is 0.505. The minimum atomic E-state index is 0.505. The van der Waals surface area contributed by atoms with Gasteiger partial charge in [0.25, 0.3) is 0 Å². The molecule has 0 amide bonds. The summed E-state index contributed by atoms with van der Waals surface area (Å²) in [5, 5.41) is 10.3. The maximum absolute atomic E-state index is 10.3. The maximum atomic E-state index is 10.3. The van der Waals surface area contributed by atoms with Crippen molar-refractivity contribution >= 4 is 11.8 Å². The highest BCUT2D eigenvalue weighted by Crippen LogP contribution is 2.61. The third-order valence-corrected chi connectivity index (χ3v) is 7.81. The molecule has 22 heavy (non-hydrogen) atoms. The molecular weight excluding hydrogens is 288 g/mol. The predicted molar refractivity (Wildman–Crippen MR) is 93.7 cm³/mol. The van der Waals surface area contributed by atoms with Gasteiger partial charge in [0.05, 0.1) is 0 Å². The molecule has 0 saturated heterocycles. The van der Waals surface area contributed by atoms with Crippen LogP contribution in [0.4, 0.5) is 0 Å². The van der Waals surface area contributed by atoms with Crippen LogP contribution in [0, 0.1) is 17.3 Å². The Bertz CT molecular complexity index is 581. The molecule has 0 unspecified atom stereocenters. The lowest BCUT2D eigenvalue weighted by Gasteiger charge is -2.49. The first-order valence-electron chi connectivity index (χ1n) is 9.11. The van der Waals surface area contributed by atoms with Gasteiger partial charge in [0.2, 0.25) is 0 Å². The molecule has 2 fully saturated rings. The molecule has 3 aliphatic carbocycles. The minimum Gasteiger partial charge on any atom is -0.507 e. The van der Waals surface area contributed by atoms with E-state index in [0.717, 1.165) is 28.4 Å². The lowest BCUT2D eigenvalue weighted by Crippen LogP contribution is -2.39. The van der Waals surface area contributed by atoms with Gasteiger partial charge < -0.3 is 5.11 Å². The van der Waals surface area contributed by atoms with Gasteiger partial charge in [0, 0.05) is 4.90 Å². The Morgan fingerprint density at radius 1 is 1.23 bits per heavy atom. The SMILES string of the molecule is CCSc1cc2c(cc1O)CC[C@@H]1[C@@H]2CC[C@]2(C)CCC[C@@H]12. The van der Waals surface area contributed by atoms with E-state index in [1.165, 1.54) is 50.5 Å². The average Bonchev–Trinajstić information content (AvgIpc) is 2.90. The number of aryl methyl sites for hydroxylation is 1. The van der Waals surface area contributed by atoms with Gasteiger partial charge in [-0.1, -0.05) is 20.3 Å². The molecule has 3 aliphatic rings.